The van der Waals surface area contributed by atoms with Crippen LogP contribution in [-0.2, 0) is 11.3 Å². The normalized spacial score (nSPS) is 19.2. The van der Waals surface area contributed by atoms with E-state index in [0.717, 1.165) is 30.8 Å². The van der Waals surface area contributed by atoms with Gasteiger partial charge >= 0.3 is 0 Å². The molecule has 0 fully saturated rings. The molecular formula is C20H23N3O3. The summed E-state index contributed by atoms with van der Waals surface area (Å²) in [7, 11) is 0. The van der Waals surface area contributed by atoms with Gasteiger partial charge in [-0.1, -0.05) is 48.8 Å². The maximum atomic E-state index is 10.9. The van der Waals surface area contributed by atoms with Gasteiger partial charge in [0.05, 0.1) is 4.92 Å². The minimum absolute atomic E-state index is 0.0698. The van der Waals surface area contributed by atoms with Crippen molar-refractivity contribution in [2.24, 2.45) is 5.16 Å². The first-order valence-electron chi connectivity index (χ1n) is 8.86. The predicted molar refractivity (Wildman–Crippen MR) is 101 cm³/mol. The van der Waals surface area contributed by atoms with Crippen molar-refractivity contribution >= 4 is 11.5 Å². The first kappa shape index (κ1) is 17.9. The predicted octanol–water partition coefficient (Wildman–Crippen LogP) is 4.35. The van der Waals surface area contributed by atoms with E-state index in [9.17, 15) is 10.1 Å². The Labute approximate surface area is 153 Å². The van der Waals surface area contributed by atoms with Crippen molar-refractivity contribution < 1.29 is 9.76 Å². The third-order valence-electron chi connectivity index (χ3n) is 4.60. The average molecular weight is 353 g/mol. The number of unbranched alkanes of at least 4 members (excludes halogenated alkanes) is 1. The minimum atomic E-state index is -0.576. The average Bonchev–Trinajstić information content (AvgIpc) is 2.97. The van der Waals surface area contributed by atoms with Crippen LogP contribution in [0.3, 0.4) is 0 Å². The van der Waals surface area contributed by atoms with E-state index in [1.165, 1.54) is 17.7 Å². The molecule has 0 N–H and O–H groups in total. The molecule has 1 aliphatic rings. The highest BCUT2D eigenvalue weighted by Gasteiger charge is 2.42. The highest BCUT2D eigenvalue weighted by atomic mass is 16.7. The zero-order valence-corrected chi connectivity index (χ0v) is 15.1. The zero-order valence-electron chi connectivity index (χ0n) is 15.1. The molecule has 6 nitrogen and oxygen atoms in total. The Balaban J connectivity index is 1.86. The van der Waals surface area contributed by atoms with Crippen molar-refractivity contribution in [3.63, 3.8) is 0 Å². The third kappa shape index (κ3) is 3.69. The van der Waals surface area contributed by atoms with E-state index in [0.29, 0.717) is 6.42 Å². The molecule has 0 aliphatic carbocycles. The molecule has 136 valence electrons. The number of non-ortho nitro benzene ring substituents is 1. The van der Waals surface area contributed by atoms with Gasteiger partial charge in [0.1, 0.15) is 0 Å². The fourth-order valence-corrected chi connectivity index (χ4v) is 3.17. The lowest BCUT2D eigenvalue weighted by Crippen LogP contribution is -2.48. The molecule has 1 atom stereocenters. The van der Waals surface area contributed by atoms with Crippen LogP contribution >= 0.6 is 0 Å². The molecule has 0 radical (unpaired) electrons. The number of oxime groups is 1. The molecule has 0 saturated heterocycles. The minimum Gasteiger partial charge on any atom is -0.365 e. The van der Waals surface area contributed by atoms with Crippen molar-refractivity contribution in [2.75, 3.05) is 6.54 Å². The molecule has 0 amide bonds. The van der Waals surface area contributed by atoms with Gasteiger partial charge in [-0.25, -0.2) is 0 Å². The second-order valence-corrected chi connectivity index (χ2v) is 6.65. The van der Waals surface area contributed by atoms with Gasteiger partial charge < -0.3 is 9.74 Å². The largest absolute Gasteiger partial charge is 0.365 e. The van der Waals surface area contributed by atoms with Gasteiger partial charge in [-0.05, 0) is 31.0 Å². The van der Waals surface area contributed by atoms with E-state index in [2.05, 4.69) is 29.1 Å². The summed E-state index contributed by atoms with van der Waals surface area (Å²) in [5, 5.41) is 15.2. The number of nitro groups is 1. The first-order valence-corrected chi connectivity index (χ1v) is 8.86. The molecule has 0 spiro atoms. The van der Waals surface area contributed by atoms with Crippen LogP contribution < -0.4 is 0 Å². The van der Waals surface area contributed by atoms with Gasteiger partial charge in [0.15, 0.2) is 5.84 Å². The summed E-state index contributed by atoms with van der Waals surface area (Å²) in [5.74, 6) is 0.728. The SMILES string of the molecule is CCCCN1C(c2ccc([N+](=O)[O-])cc2)=NOC1(C)Cc1ccccc1. The highest BCUT2D eigenvalue weighted by molar-refractivity contribution is 5.99. The van der Waals surface area contributed by atoms with Crippen molar-refractivity contribution in [1.82, 2.24) is 4.90 Å². The van der Waals surface area contributed by atoms with E-state index in [1.807, 2.05) is 25.1 Å². The lowest BCUT2D eigenvalue weighted by molar-refractivity contribution is -0.384. The Morgan fingerprint density at radius 3 is 2.46 bits per heavy atom. The van der Waals surface area contributed by atoms with Crippen LogP contribution in [0.4, 0.5) is 5.69 Å². The van der Waals surface area contributed by atoms with Gasteiger partial charge in [0, 0.05) is 30.7 Å². The summed E-state index contributed by atoms with van der Waals surface area (Å²) < 4.78 is 0. The van der Waals surface area contributed by atoms with Gasteiger partial charge in [-0.2, -0.15) is 0 Å². The van der Waals surface area contributed by atoms with Crippen molar-refractivity contribution in [2.45, 2.75) is 38.8 Å². The smallest absolute Gasteiger partial charge is 0.269 e. The molecule has 6 heteroatoms. The summed E-state index contributed by atoms with van der Waals surface area (Å²) in [6.45, 7) is 5.00. The lowest BCUT2D eigenvalue weighted by atomic mass is 10.0. The Kier molecular flexibility index (Phi) is 5.21. The fourth-order valence-electron chi connectivity index (χ4n) is 3.17. The summed E-state index contributed by atoms with van der Waals surface area (Å²) in [6.07, 6.45) is 2.78. The molecule has 1 unspecified atom stereocenters. The van der Waals surface area contributed by atoms with Crippen LogP contribution in [0.2, 0.25) is 0 Å². The second-order valence-electron chi connectivity index (χ2n) is 6.65. The van der Waals surface area contributed by atoms with Crippen LogP contribution in [-0.4, -0.2) is 27.9 Å². The van der Waals surface area contributed by atoms with E-state index in [1.54, 1.807) is 12.1 Å². The van der Waals surface area contributed by atoms with Gasteiger partial charge in [-0.15, -0.1) is 0 Å². The standard InChI is InChI=1S/C20H23N3O3/c1-3-4-14-22-19(17-10-12-18(13-11-17)23(24)25)21-26-20(22,2)15-16-8-6-5-7-9-16/h5-13H,3-4,14-15H2,1-2H3. The summed E-state index contributed by atoms with van der Waals surface area (Å²) >= 11 is 0. The molecule has 0 bridgehead atoms. The Bertz CT molecular complexity index is 790. The van der Waals surface area contributed by atoms with Crippen LogP contribution in [0.15, 0.2) is 59.8 Å². The van der Waals surface area contributed by atoms with E-state index < -0.39 is 10.6 Å². The van der Waals surface area contributed by atoms with Crippen LogP contribution in [0.5, 0.6) is 0 Å². The van der Waals surface area contributed by atoms with Gasteiger partial charge in [0.25, 0.3) is 5.69 Å². The summed E-state index contributed by atoms with van der Waals surface area (Å²) in [4.78, 5) is 18.5. The fraction of sp³-hybridized carbons (Fsp3) is 0.350. The molecule has 0 aromatic heterocycles. The molecule has 3 rings (SSSR count). The Hall–Kier alpha value is -2.89. The molecule has 2 aromatic rings. The highest BCUT2D eigenvalue weighted by Crippen LogP contribution is 2.31. The lowest BCUT2D eigenvalue weighted by Gasteiger charge is -2.34. The van der Waals surface area contributed by atoms with Crippen molar-refractivity contribution in [1.29, 1.82) is 0 Å². The number of hydrogen-bond donors (Lipinski definition) is 0. The maximum Gasteiger partial charge on any atom is 0.269 e. The van der Waals surface area contributed by atoms with Crippen LogP contribution in [0.25, 0.3) is 0 Å². The Morgan fingerprint density at radius 2 is 1.85 bits per heavy atom. The number of rotatable bonds is 7. The molecule has 0 saturated carbocycles. The molecule has 1 heterocycles. The summed E-state index contributed by atoms with van der Waals surface area (Å²) in [5.41, 5.74) is 1.49. The summed E-state index contributed by atoms with van der Waals surface area (Å²) in [6, 6.07) is 16.7. The van der Waals surface area contributed by atoms with Gasteiger partial charge in [0.2, 0.25) is 5.72 Å². The van der Waals surface area contributed by atoms with Crippen molar-refractivity contribution in [3.05, 3.63) is 75.8 Å². The van der Waals surface area contributed by atoms with Crippen LogP contribution in [0.1, 0.15) is 37.8 Å². The van der Waals surface area contributed by atoms with Crippen molar-refractivity contribution in [3.8, 4) is 0 Å². The number of nitro benzene ring substituents is 1. The second kappa shape index (κ2) is 7.56. The zero-order chi connectivity index (χ0) is 18.6. The number of benzene rings is 2. The molecule has 2 aromatic carbocycles. The number of amidine groups is 1. The molecule has 1 aliphatic heterocycles. The molecular weight excluding hydrogens is 330 g/mol. The Morgan fingerprint density at radius 1 is 1.15 bits per heavy atom. The third-order valence-corrected chi connectivity index (χ3v) is 4.60. The number of hydrogen-bond acceptors (Lipinski definition) is 5. The van der Waals surface area contributed by atoms with Crippen LogP contribution in [0, 0.1) is 10.1 Å². The first-order chi connectivity index (χ1) is 12.5. The van der Waals surface area contributed by atoms with E-state index >= 15 is 0 Å². The molecule has 26 heavy (non-hydrogen) atoms. The number of nitrogens with zero attached hydrogens (tertiary/aromatic N) is 3. The quantitative estimate of drug-likeness (QED) is 0.548. The van der Waals surface area contributed by atoms with Gasteiger partial charge in [-0.3, -0.25) is 10.1 Å². The topological polar surface area (TPSA) is 68.0 Å². The van der Waals surface area contributed by atoms with E-state index in [-0.39, 0.29) is 5.69 Å². The van der Waals surface area contributed by atoms with E-state index in [4.69, 9.17) is 4.84 Å². The monoisotopic (exact) mass is 353 g/mol. The maximum absolute atomic E-state index is 10.9.